The molecule has 2 fully saturated rings. The third kappa shape index (κ3) is 6.34. The second-order valence-corrected chi connectivity index (χ2v) is 8.19. The van der Waals surface area contributed by atoms with E-state index in [4.69, 9.17) is 0 Å². The van der Waals surface area contributed by atoms with Crippen molar-refractivity contribution in [3.05, 3.63) is 0 Å². The van der Waals surface area contributed by atoms with Gasteiger partial charge in [-0.3, -0.25) is 4.99 Å². The molecule has 148 valence electrons. The molecule has 0 aromatic rings. The average Bonchev–Trinajstić information content (AvgIpc) is 3.01. The van der Waals surface area contributed by atoms with Gasteiger partial charge in [0, 0.05) is 30.9 Å². The second kappa shape index (κ2) is 9.87. The van der Waals surface area contributed by atoms with Crippen molar-refractivity contribution in [3.63, 3.8) is 0 Å². The first-order valence-corrected chi connectivity index (χ1v) is 9.71. The fourth-order valence-corrected chi connectivity index (χ4v) is 5.00. The molecule has 0 aromatic heterocycles. The summed E-state index contributed by atoms with van der Waals surface area (Å²) >= 11 is 1.96. The Labute approximate surface area is 170 Å². The van der Waals surface area contributed by atoms with E-state index in [1.807, 2.05) is 11.8 Å². The van der Waals surface area contributed by atoms with Crippen LogP contribution in [0.4, 0.5) is 13.2 Å². The van der Waals surface area contributed by atoms with Gasteiger partial charge in [-0.1, -0.05) is 0 Å². The predicted molar refractivity (Wildman–Crippen MR) is 110 cm³/mol. The molecule has 2 rings (SSSR count). The van der Waals surface area contributed by atoms with Crippen LogP contribution in [0.3, 0.4) is 0 Å². The minimum atomic E-state index is -4.05. The van der Waals surface area contributed by atoms with E-state index in [1.165, 1.54) is 0 Å². The molecular formula is C16H30F3IN4S. The smallest absolute Gasteiger partial charge is 0.355 e. The van der Waals surface area contributed by atoms with Crippen molar-refractivity contribution >= 4 is 41.7 Å². The van der Waals surface area contributed by atoms with Gasteiger partial charge in [0.1, 0.15) is 0 Å². The minimum absolute atomic E-state index is 0. The van der Waals surface area contributed by atoms with Crippen LogP contribution >= 0.6 is 35.7 Å². The van der Waals surface area contributed by atoms with E-state index in [2.05, 4.69) is 34.6 Å². The lowest BCUT2D eigenvalue weighted by Crippen LogP contribution is -2.56. The zero-order valence-electron chi connectivity index (χ0n) is 15.2. The Morgan fingerprint density at radius 1 is 1.24 bits per heavy atom. The summed E-state index contributed by atoms with van der Waals surface area (Å²) in [6.07, 6.45) is -1.43. The number of nitrogens with zero attached hydrogens (tertiary/aromatic N) is 2. The van der Waals surface area contributed by atoms with E-state index in [0.717, 1.165) is 24.5 Å². The SMILES string of the molecule is CN=C(NCC1(N(C)C)CCSC1)NC1CCC(C(F)(F)F)CC1.I. The normalized spacial score (nSPS) is 30.9. The molecule has 0 aromatic carbocycles. The van der Waals surface area contributed by atoms with E-state index in [0.29, 0.717) is 18.8 Å². The summed E-state index contributed by atoms with van der Waals surface area (Å²) in [5.74, 6) is 1.80. The summed E-state index contributed by atoms with van der Waals surface area (Å²) in [4.78, 5) is 6.51. The first-order valence-electron chi connectivity index (χ1n) is 8.56. The summed E-state index contributed by atoms with van der Waals surface area (Å²) in [6.45, 7) is 0.796. The largest absolute Gasteiger partial charge is 0.391 e. The van der Waals surface area contributed by atoms with Gasteiger partial charge < -0.3 is 15.5 Å². The summed E-state index contributed by atoms with van der Waals surface area (Å²) in [5, 5.41) is 6.69. The van der Waals surface area contributed by atoms with Crippen LogP contribution < -0.4 is 10.6 Å². The summed E-state index contributed by atoms with van der Waals surface area (Å²) in [5.41, 5.74) is 0.121. The van der Waals surface area contributed by atoms with Crippen LogP contribution in [0.25, 0.3) is 0 Å². The van der Waals surface area contributed by atoms with Crippen LogP contribution in [0.1, 0.15) is 32.1 Å². The van der Waals surface area contributed by atoms with Crippen molar-refractivity contribution in [1.29, 1.82) is 0 Å². The Kier molecular flexibility index (Phi) is 9.13. The number of rotatable bonds is 4. The third-order valence-electron chi connectivity index (χ3n) is 5.37. The standard InChI is InChI=1S/C16H29F3N4S.HI/c1-20-14(21-10-15(23(2)3)8-9-24-11-15)22-13-6-4-12(5-7-13)16(17,18)19;/h12-13H,4-11H2,1-3H3,(H2,20,21,22);1H. The highest BCUT2D eigenvalue weighted by atomic mass is 127. The van der Waals surface area contributed by atoms with Crippen LogP contribution in [0, 0.1) is 5.92 Å². The number of hydrogen-bond acceptors (Lipinski definition) is 3. The lowest BCUT2D eigenvalue weighted by Gasteiger charge is -2.37. The van der Waals surface area contributed by atoms with E-state index in [9.17, 15) is 13.2 Å². The number of alkyl halides is 3. The van der Waals surface area contributed by atoms with Crippen LogP contribution in [0.15, 0.2) is 4.99 Å². The third-order valence-corrected chi connectivity index (χ3v) is 6.60. The van der Waals surface area contributed by atoms with Crippen LogP contribution in [-0.2, 0) is 0 Å². The second-order valence-electron chi connectivity index (χ2n) is 7.08. The molecule has 1 atom stereocenters. The molecule has 2 aliphatic rings. The lowest BCUT2D eigenvalue weighted by molar-refractivity contribution is -0.182. The van der Waals surface area contributed by atoms with Gasteiger partial charge in [0.2, 0.25) is 0 Å². The molecule has 0 radical (unpaired) electrons. The first kappa shape index (κ1) is 23.1. The Hall–Kier alpha value is 0.1000. The predicted octanol–water partition coefficient (Wildman–Crippen LogP) is 3.33. The van der Waals surface area contributed by atoms with Crippen molar-refractivity contribution < 1.29 is 13.2 Å². The Balaban J connectivity index is 0.00000312. The minimum Gasteiger partial charge on any atom is -0.355 e. The molecule has 0 spiro atoms. The van der Waals surface area contributed by atoms with E-state index < -0.39 is 12.1 Å². The molecule has 0 bridgehead atoms. The molecule has 1 unspecified atom stereocenters. The van der Waals surface area contributed by atoms with E-state index in [-0.39, 0.29) is 48.4 Å². The van der Waals surface area contributed by atoms with Crippen molar-refractivity contribution in [1.82, 2.24) is 15.5 Å². The molecule has 1 saturated carbocycles. The highest BCUT2D eigenvalue weighted by molar-refractivity contribution is 14.0. The number of hydrogen-bond donors (Lipinski definition) is 2. The quantitative estimate of drug-likeness (QED) is 0.358. The van der Waals surface area contributed by atoms with Gasteiger partial charge in [0.25, 0.3) is 0 Å². The van der Waals surface area contributed by atoms with Crippen molar-refractivity contribution in [2.75, 3.05) is 39.2 Å². The maximum absolute atomic E-state index is 12.7. The molecule has 2 N–H and O–H groups in total. The molecule has 9 heteroatoms. The van der Waals surface area contributed by atoms with Crippen molar-refractivity contribution in [2.45, 2.75) is 49.9 Å². The zero-order valence-corrected chi connectivity index (χ0v) is 18.3. The van der Waals surface area contributed by atoms with Crippen molar-refractivity contribution in [2.24, 2.45) is 10.9 Å². The Bertz CT molecular complexity index is 432. The van der Waals surface area contributed by atoms with Gasteiger partial charge in [0.15, 0.2) is 5.96 Å². The highest BCUT2D eigenvalue weighted by Gasteiger charge is 2.41. The fourth-order valence-electron chi connectivity index (χ4n) is 3.45. The van der Waals surface area contributed by atoms with E-state index >= 15 is 0 Å². The maximum atomic E-state index is 12.7. The Morgan fingerprint density at radius 3 is 2.32 bits per heavy atom. The molecule has 1 aliphatic carbocycles. The summed E-state index contributed by atoms with van der Waals surface area (Å²) in [6, 6.07) is 0.0723. The van der Waals surface area contributed by atoms with Gasteiger partial charge >= 0.3 is 6.18 Å². The molecule has 1 aliphatic heterocycles. The van der Waals surface area contributed by atoms with Crippen molar-refractivity contribution in [3.8, 4) is 0 Å². The lowest BCUT2D eigenvalue weighted by atomic mass is 9.85. The number of nitrogens with one attached hydrogen (secondary N) is 2. The monoisotopic (exact) mass is 494 g/mol. The fraction of sp³-hybridized carbons (Fsp3) is 0.938. The van der Waals surface area contributed by atoms with Gasteiger partial charge in [0.05, 0.1) is 5.92 Å². The molecular weight excluding hydrogens is 464 g/mol. The van der Waals surface area contributed by atoms with Crippen LogP contribution in [0.2, 0.25) is 0 Å². The first-order chi connectivity index (χ1) is 11.3. The van der Waals surface area contributed by atoms with E-state index in [1.54, 1.807) is 7.05 Å². The number of likely N-dealkylation sites (N-methyl/N-ethyl adjacent to an activating group) is 1. The molecule has 1 heterocycles. The summed E-state index contributed by atoms with van der Waals surface area (Å²) in [7, 11) is 5.91. The summed E-state index contributed by atoms with van der Waals surface area (Å²) < 4.78 is 38.2. The van der Waals surface area contributed by atoms with Crippen LogP contribution in [0.5, 0.6) is 0 Å². The van der Waals surface area contributed by atoms with Gasteiger partial charge in [-0.25, -0.2) is 0 Å². The number of aliphatic imine (C=N–C) groups is 1. The average molecular weight is 494 g/mol. The molecule has 0 amide bonds. The zero-order chi connectivity index (χ0) is 17.8. The molecule has 25 heavy (non-hydrogen) atoms. The van der Waals surface area contributed by atoms with Gasteiger partial charge in [-0.2, -0.15) is 24.9 Å². The number of thioether (sulfide) groups is 1. The van der Waals surface area contributed by atoms with Crippen LogP contribution in [-0.4, -0.2) is 67.8 Å². The molecule has 4 nitrogen and oxygen atoms in total. The molecule has 1 saturated heterocycles. The maximum Gasteiger partial charge on any atom is 0.391 e. The highest BCUT2D eigenvalue weighted by Crippen LogP contribution is 2.37. The van der Waals surface area contributed by atoms with Gasteiger partial charge in [-0.05, 0) is 52.0 Å². The number of guanidine groups is 1. The Morgan fingerprint density at radius 2 is 1.88 bits per heavy atom. The topological polar surface area (TPSA) is 39.7 Å². The van der Waals surface area contributed by atoms with Gasteiger partial charge in [-0.15, -0.1) is 24.0 Å². The number of halogens is 4.